The predicted molar refractivity (Wildman–Crippen MR) is 67.0 cm³/mol. The third-order valence-electron chi connectivity index (χ3n) is 2.81. The Labute approximate surface area is 105 Å². The summed E-state index contributed by atoms with van der Waals surface area (Å²) in [5, 5.41) is 13.6. The first-order chi connectivity index (χ1) is 8.66. The van der Waals surface area contributed by atoms with Crippen molar-refractivity contribution < 1.29 is 14.7 Å². The second-order valence-electron chi connectivity index (χ2n) is 4.05. The van der Waals surface area contributed by atoms with Gasteiger partial charge in [0.15, 0.2) is 0 Å². The molecule has 94 valence electrons. The number of carbonyl (C=O) groups is 2. The largest absolute Gasteiger partial charge is 0.465 e. The van der Waals surface area contributed by atoms with E-state index in [1.54, 1.807) is 0 Å². The van der Waals surface area contributed by atoms with Gasteiger partial charge in [0.05, 0.1) is 0 Å². The fourth-order valence-corrected chi connectivity index (χ4v) is 1.89. The highest BCUT2D eigenvalue weighted by Gasteiger charge is 2.22. The molecule has 0 unspecified atom stereocenters. The van der Waals surface area contributed by atoms with Crippen molar-refractivity contribution in [2.45, 2.75) is 12.5 Å². The van der Waals surface area contributed by atoms with Crippen LogP contribution in [0.5, 0.6) is 0 Å². The van der Waals surface area contributed by atoms with E-state index < -0.39 is 12.1 Å². The molecule has 0 saturated heterocycles. The molecule has 0 saturated carbocycles. The van der Waals surface area contributed by atoms with Crippen molar-refractivity contribution in [2.24, 2.45) is 0 Å². The highest BCUT2D eigenvalue weighted by Crippen LogP contribution is 2.16. The molecule has 1 aromatic rings. The quantitative estimate of drug-likeness (QED) is 0.734. The molecule has 0 aromatic heterocycles. The predicted octanol–water partition coefficient (Wildman–Crippen LogP) is 1.23. The SMILES string of the molecule is O=C(O)N[C@@H]1CC=C(c2ccccc2)CNC1=O. The zero-order chi connectivity index (χ0) is 13.0. The van der Waals surface area contributed by atoms with E-state index in [2.05, 4.69) is 10.6 Å². The summed E-state index contributed by atoms with van der Waals surface area (Å²) in [6, 6.07) is 8.98. The fraction of sp³-hybridized carbons (Fsp3) is 0.231. The number of hydrogen-bond donors (Lipinski definition) is 3. The van der Waals surface area contributed by atoms with Crippen molar-refractivity contribution in [1.29, 1.82) is 0 Å². The molecule has 1 aliphatic rings. The van der Waals surface area contributed by atoms with Crippen LogP contribution in [0.4, 0.5) is 4.79 Å². The van der Waals surface area contributed by atoms with Gasteiger partial charge in [-0.3, -0.25) is 4.79 Å². The van der Waals surface area contributed by atoms with Crippen LogP contribution in [0.25, 0.3) is 5.57 Å². The Morgan fingerprint density at radius 3 is 2.72 bits per heavy atom. The molecule has 2 amide bonds. The molecule has 2 rings (SSSR count). The van der Waals surface area contributed by atoms with Gasteiger partial charge in [-0.05, 0) is 17.6 Å². The lowest BCUT2D eigenvalue weighted by Crippen LogP contribution is -2.45. The summed E-state index contributed by atoms with van der Waals surface area (Å²) < 4.78 is 0. The van der Waals surface area contributed by atoms with E-state index in [9.17, 15) is 9.59 Å². The lowest BCUT2D eigenvalue weighted by molar-refractivity contribution is -0.122. The Balaban J connectivity index is 2.14. The smallest absolute Gasteiger partial charge is 0.405 e. The van der Waals surface area contributed by atoms with Crippen LogP contribution in [0, 0.1) is 0 Å². The lowest BCUT2D eigenvalue weighted by atomic mass is 10.0. The Bertz CT molecular complexity index is 482. The molecule has 1 atom stereocenters. The maximum atomic E-state index is 11.7. The maximum absolute atomic E-state index is 11.7. The van der Waals surface area contributed by atoms with Gasteiger partial charge in [-0.1, -0.05) is 36.4 Å². The normalized spacial score (nSPS) is 19.4. The third-order valence-corrected chi connectivity index (χ3v) is 2.81. The van der Waals surface area contributed by atoms with Crippen LogP contribution in [0.15, 0.2) is 36.4 Å². The van der Waals surface area contributed by atoms with Crippen molar-refractivity contribution in [3.63, 3.8) is 0 Å². The number of rotatable bonds is 2. The second kappa shape index (κ2) is 5.35. The molecular weight excluding hydrogens is 232 g/mol. The van der Waals surface area contributed by atoms with Gasteiger partial charge in [-0.2, -0.15) is 0 Å². The maximum Gasteiger partial charge on any atom is 0.405 e. The van der Waals surface area contributed by atoms with Crippen molar-refractivity contribution in [1.82, 2.24) is 10.6 Å². The minimum Gasteiger partial charge on any atom is -0.465 e. The van der Waals surface area contributed by atoms with Crippen LogP contribution >= 0.6 is 0 Å². The Hall–Kier alpha value is -2.30. The van der Waals surface area contributed by atoms with E-state index in [4.69, 9.17) is 5.11 Å². The second-order valence-corrected chi connectivity index (χ2v) is 4.05. The van der Waals surface area contributed by atoms with Crippen molar-refractivity contribution in [3.05, 3.63) is 42.0 Å². The van der Waals surface area contributed by atoms with E-state index in [0.717, 1.165) is 11.1 Å². The zero-order valence-electron chi connectivity index (χ0n) is 9.72. The Morgan fingerprint density at radius 1 is 1.33 bits per heavy atom. The third kappa shape index (κ3) is 2.88. The van der Waals surface area contributed by atoms with Crippen LogP contribution in [0.2, 0.25) is 0 Å². The molecule has 1 aliphatic heterocycles. The molecule has 1 aromatic carbocycles. The summed E-state index contributed by atoms with van der Waals surface area (Å²) in [7, 11) is 0. The van der Waals surface area contributed by atoms with Gasteiger partial charge < -0.3 is 15.7 Å². The average molecular weight is 246 g/mol. The van der Waals surface area contributed by atoms with Gasteiger partial charge in [0.1, 0.15) is 6.04 Å². The van der Waals surface area contributed by atoms with Crippen LogP contribution < -0.4 is 10.6 Å². The molecule has 3 N–H and O–H groups in total. The topological polar surface area (TPSA) is 78.4 Å². The van der Waals surface area contributed by atoms with Gasteiger partial charge >= 0.3 is 6.09 Å². The van der Waals surface area contributed by atoms with Gasteiger partial charge in [-0.15, -0.1) is 0 Å². The highest BCUT2D eigenvalue weighted by atomic mass is 16.4. The number of hydrogen-bond acceptors (Lipinski definition) is 2. The molecule has 5 heteroatoms. The van der Waals surface area contributed by atoms with Crippen molar-refractivity contribution in [2.75, 3.05) is 6.54 Å². The first-order valence-corrected chi connectivity index (χ1v) is 5.68. The molecule has 1 heterocycles. The Kier molecular flexibility index (Phi) is 3.62. The van der Waals surface area contributed by atoms with Crippen LogP contribution in [0.1, 0.15) is 12.0 Å². The molecule has 18 heavy (non-hydrogen) atoms. The number of amides is 2. The number of carbonyl (C=O) groups excluding carboxylic acids is 1. The van der Waals surface area contributed by atoms with E-state index in [0.29, 0.717) is 13.0 Å². The number of benzene rings is 1. The summed E-state index contributed by atoms with van der Waals surface area (Å²) in [4.78, 5) is 22.2. The summed E-state index contributed by atoms with van der Waals surface area (Å²) >= 11 is 0. The fourth-order valence-electron chi connectivity index (χ4n) is 1.89. The van der Waals surface area contributed by atoms with Crippen molar-refractivity contribution in [3.8, 4) is 0 Å². The first-order valence-electron chi connectivity index (χ1n) is 5.68. The molecule has 0 fully saturated rings. The molecule has 0 bridgehead atoms. The minimum atomic E-state index is -1.19. The van der Waals surface area contributed by atoms with Crippen LogP contribution in [0.3, 0.4) is 0 Å². The highest BCUT2D eigenvalue weighted by molar-refractivity contribution is 5.88. The molecule has 0 radical (unpaired) electrons. The number of nitrogens with one attached hydrogen (secondary N) is 2. The molecule has 0 aliphatic carbocycles. The van der Waals surface area contributed by atoms with Gasteiger partial charge in [0.2, 0.25) is 5.91 Å². The van der Waals surface area contributed by atoms with Crippen LogP contribution in [-0.4, -0.2) is 29.7 Å². The van der Waals surface area contributed by atoms with Crippen LogP contribution in [-0.2, 0) is 4.79 Å². The van der Waals surface area contributed by atoms with Gasteiger partial charge in [0.25, 0.3) is 0 Å². The molecular formula is C13H14N2O3. The van der Waals surface area contributed by atoms with E-state index in [1.165, 1.54) is 0 Å². The van der Waals surface area contributed by atoms with E-state index in [1.807, 2.05) is 36.4 Å². The summed E-state index contributed by atoms with van der Waals surface area (Å²) in [6.07, 6.45) is 1.07. The zero-order valence-corrected chi connectivity index (χ0v) is 9.72. The summed E-state index contributed by atoms with van der Waals surface area (Å²) in [5.41, 5.74) is 2.03. The molecule has 0 spiro atoms. The number of carboxylic acid groups (broad SMARTS) is 1. The lowest BCUT2D eigenvalue weighted by Gasteiger charge is -2.11. The van der Waals surface area contributed by atoms with Crippen molar-refractivity contribution >= 4 is 17.6 Å². The minimum absolute atomic E-state index is 0.292. The molecule has 5 nitrogen and oxygen atoms in total. The summed E-state index contributed by atoms with van der Waals surface area (Å²) in [6.45, 7) is 0.417. The summed E-state index contributed by atoms with van der Waals surface area (Å²) in [5.74, 6) is -0.292. The average Bonchev–Trinajstić information content (AvgIpc) is 2.54. The van der Waals surface area contributed by atoms with Gasteiger partial charge in [0, 0.05) is 6.54 Å². The first kappa shape index (κ1) is 12.2. The van der Waals surface area contributed by atoms with E-state index >= 15 is 0 Å². The monoisotopic (exact) mass is 246 g/mol. The standard InChI is InChI=1S/C13H14N2O3/c16-12-11(15-13(17)18)7-6-10(8-14-12)9-4-2-1-3-5-9/h1-6,11,15H,7-8H2,(H,14,16)(H,17,18)/t11-/m1/s1. The van der Waals surface area contributed by atoms with E-state index in [-0.39, 0.29) is 5.91 Å². The Morgan fingerprint density at radius 2 is 2.06 bits per heavy atom. The van der Waals surface area contributed by atoms with Gasteiger partial charge in [-0.25, -0.2) is 4.79 Å².